The van der Waals surface area contributed by atoms with E-state index in [0.717, 1.165) is 17.1 Å². The zero-order valence-corrected chi connectivity index (χ0v) is 11.3. The molecule has 0 saturated heterocycles. The third kappa shape index (κ3) is 2.16. The van der Waals surface area contributed by atoms with Crippen LogP contribution in [0, 0.1) is 6.92 Å². The fourth-order valence-electron chi connectivity index (χ4n) is 2.13. The first-order valence-electron chi connectivity index (χ1n) is 6.23. The van der Waals surface area contributed by atoms with E-state index in [9.17, 15) is 4.79 Å². The number of nitrogens with zero attached hydrogens (tertiary/aromatic N) is 4. The number of rotatable bonds is 3. The van der Waals surface area contributed by atoms with E-state index in [1.807, 2.05) is 25.1 Å². The van der Waals surface area contributed by atoms with Crippen molar-refractivity contribution < 1.29 is 4.74 Å². The zero-order valence-electron chi connectivity index (χ0n) is 11.3. The van der Waals surface area contributed by atoms with Crippen LogP contribution in [0.2, 0.25) is 0 Å². The van der Waals surface area contributed by atoms with Gasteiger partial charge in [-0.15, -0.1) is 5.10 Å². The summed E-state index contributed by atoms with van der Waals surface area (Å²) in [5.74, 6) is 0.726. The van der Waals surface area contributed by atoms with Gasteiger partial charge in [0.2, 0.25) is 0 Å². The smallest absolute Gasteiger partial charge is 0.350 e. The van der Waals surface area contributed by atoms with Gasteiger partial charge in [-0.25, -0.2) is 9.48 Å². The lowest BCUT2D eigenvalue weighted by Crippen LogP contribution is -2.22. The monoisotopic (exact) mass is 270 g/mol. The molecule has 0 unspecified atom stereocenters. The molecule has 0 aliphatic heterocycles. The molecule has 0 aliphatic carbocycles. The Hall–Kier alpha value is -2.63. The van der Waals surface area contributed by atoms with E-state index >= 15 is 0 Å². The van der Waals surface area contributed by atoms with E-state index in [1.54, 1.807) is 25.4 Å². The second-order valence-electron chi connectivity index (χ2n) is 4.51. The van der Waals surface area contributed by atoms with Crippen LogP contribution in [-0.2, 0) is 6.54 Å². The van der Waals surface area contributed by atoms with Crippen LogP contribution >= 0.6 is 0 Å². The Morgan fingerprint density at radius 1 is 1.30 bits per heavy atom. The summed E-state index contributed by atoms with van der Waals surface area (Å²) in [5.41, 5.74) is 2.03. The molecule has 0 aromatic carbocycles. The maximum Gasteiger partial charge on any atom is 0.350 e. The van der Waals surface area contributed by atoms with Crippen LogP contribution in [0.4, 0.5) is 0 Å². The van der Waals surface area contributed by atoms with Gasteiger partial charge in [-0.2, -0.15) is 0 Å². The van der Waals surface area contributed by atoms with Crippen molar-refractivity contribution in [1.82, 2.24) is 19.2 Å². The number of fused-ring (bicyclic) bond motifs is 1. The minimum absolute atomic E-state index is 0.178. The number of aromatic nitrogens is 4. The molecule has 3 aromatic rings. The van der Waals surface area contributed by atoms with E-state index in [1.165, 1.54) is 9.08 Å². The van der Waals surface area contributed by atoms with Gasteiger partial charge in [0.25, 0.3) is 0 Å². The minimum atomic E-state index is -0.178. The first kappa shape index (κ1) is 12.4. The van der Waals surface area contributed by atoms with Gasteiger partial charge in [0, 0.05) is 24.0 Å². The molecule has 102 valence electrons. The summed E-state index contributed by atoms with van der Waals surface area (Å²) in [4.78, 5) is 16.6. The molecule has 3 rings (SSSR count). The fourth-order valence-corrected chi connectivity index (χ4v) is 2.13. The standard InChI is InChI=1S/C14H14N4O2/c1-10-7-12(20-2)8-11(15-10)9-18-14(19)17-6-4-3-5-13(17)16-18/h3-8H,9H2,1-2H3. The lowest BCUT2D eigenvalue weighted by atomic mass is 10.3. The summed E-state index contributed by atoms with van der Waals surface area (Å²) in [6.45, 7) is 2.21. The molecule has 0 spiro atoms. The maximum absolute atomic E-state index is 12.2. The summed E-state index contributed by atoms with van der Waals surface area (Å²) < 4.78 is 8.12. The quantitative estimate of drug-likeness (QED) is 0.718. The second-order valence-corrected chi connectivity index (χ2v) is 4.51. The van der Waals surface area contributed by atoms with E-state index in [4.69, 9.17) is 4.74 Å². The van der Waals surface area contributed by atoms with Crippen molar-refractivity contribution in [3.63, 3.8) is 0 Å². The molecule has 3 aromatic heterocycles. The highest BCUT2D eigenvalue weighted by atomic mass is 16.5. The predicted octanol–water partition coefficient (Wildman–Crippen LogP) is 1.26. The average Bonchev–Trinajstić information content (AvgIpc) is 2.75. The molecule has 0 amide bonds. The summed E-state index contributed by atoms with van der Waals surface area (Å²) in [6, 6.07) is 9.09. The van der Waals surface area contributed by atoms with Gasteiger partial charge < -0.3 is 4.74 Å². The largest absolute Gasteiger partial charge is 0.497 e. The molecule has 0 bridgehead atoms. The minimum Gasteiger partial charge on any atom is -0.497 e. The summed E-state index contributed by atoms with van der Waals surface area (Å²) in [5, 5.41) is 4.28. The van der Waals surface area contributed by atoms with Crippen LogP contribution in [0.15, 0.2) is 41.3 Å². The second kappa shape index (κ2) is 4.80. The van der Waals surface area contributed by atoms with Gasteiger partial charge >= 0.3 is 5.69 Å². The molecule has 0 radical (unpaired) electrons. The van der Waals surface area contributed by atoms with Gasteiger partial charge in [0.15, 0.2) is 5.65 Å². The Kier molecular flexibility index (Phi) is 2.98. The Bertz CT molecular complexity index is 819. The molecule has 20 heavy (non-hydrogen) atoms. The van der Waals surface area contributed by atoms with Crippen LogP contribution in [0.3, 0.4) is 0 Å². The molecule has 0 N–H and O–H groups in total. The molecule has 3 heterocycles. The van der Waals surface area contributed by atoms with Crippen molar-refractivity contribution in [2.75, 3.05) is 7.11 Å². The van der Waals surface area contributed by atoms with Crippen molar-refractivity contribution >= 4 is 5.65 Å². The van der Waals surface area contributed by atoms with Crippen LogP contribution in [-0.4, -0.2) is 26.3 Å². The number of methoxy groups -OCH3 is 1. The van der Waals surface area contributed by atoms with Crippen LogP contribution in [0.1, 0.15) is 11.4 Å². The Morgan fingerprint density at radius 2 is 2.15 bits per heavy atom. The van der Waals surface area contributed by atoms with Crippen LogP contribution < -0.4 is 10.4 Å². The Balaban J connectivity index is 2.03. The normalized spacial score (nSPS) is 10.9. The van der Waals surface area contributed by atoms with Gasteiger partial charge in [0.05, 0.1) is 19.3 Å². The molecule has 0 fully saturated rings. The molecule has 0 saturated carbocycles. The molecule has 0 atom stereocenters. The maximum atomic E-state index is 12.2. The SMILES string of the molecule is COc1cc(C)nc(Cn2nc3ccccn3c2=O)c1. The van der Waals surface area contributed by atoms with Crippen LogP contribution in [0.25, 0.3) is 5.65 Å². The van der Waals surface area contributed by atoms with Gasteiger partial charge in [-0.1, -0.05) is 6.07 Å². The Morgan fingerprint density at radius 3 is 2.90 bits per heavy atom. The number of hydrogen-bond donors (Lipinski definition) is 0. The lowest BCUT2D eigenvalue weighted by Gasteiger charge is -2.05. The lowest BCUT2D eigenvalue weighted by molar-refractivity contribution is 0.412. The van der Waals surface area contributed by atoms with Crippen molar-refractivity contribution in [3.05, 3.63) is 58.4 Å². The van der Waals surface area contributed by atoms with E-state index < -0.39 is 0 Å². The van der Waals surface area contributed by atoms with Gasteiger partial charge in [0.1, 0.15) is 5.75 Å². The topological polar surface area (TPSA) is 61.4 Å². The third-order valence-corrected chi connectivity index (χ3v) is 3.02. The number of aryl methyl sites for hydroxylation is 1. The third-order valence-electron chi connectivity index (χ3n) is 3.02. The number of pyridine rings is 2. The highest BCUT2D eigenvalue weighted by Gasteiger charge is 2.08. The highest BCUT2D eigenvalue weighted by molar-refractivity contribution is 5.35. The number of ether oxygens (including phenoxy) is 1. The van der Waals surface area contributed by atoms with Crippen molar-refractivity contribution in [3.8, 4) is 5.75 Å². The average molecular weight is 270 g/mol. The van der Waals surface area contributed by atoms with E-state index in [0.29, 0.717) is 12.2 Å². The summed E-state index contributed by atoms with van der Waals surface area (Å²) in [6.07, 6.45) is 1.70. The van der Waals surface area contributed by atoms with Gasteiger partial charge in [-0.3, -0.25) is 9.38 Å². The molecular formula is C14H14N4O2. The van der Waals surface area contributed by atoms with Crippen molar-refractivity contribution in [1.29, 1.82) is 0 Å². The number of hydrogen-bond acceptors (Lipinski definition) is 4. The zero-order chi connectivity index (χ0) is 14.1. The Labute approximate surface area is 115 Å². The van der Waals surface area contributed by atoms with Crippen molar-refractivity contribution in [2.45, 2.75) is 13.5 Å². The summed E-state index contributed by atoms with van der Waals surface area (Å²) in [7, 11) is 1.61. The van der Waals surface area contributed by atoms with E-state index in [-0.39, 0.29) is 5.69 Å². The predicted molar refractivity (Wildman–Crippen MR) is 74.1 cm³/mol. The van der Waals surface area contributed by atoms with Gasteiger partial charge in [-0.05, 0) is 19.1 Å². The van der Waals surface area contributed by atoms with E-state index in [2.05, 4.69) is 10.1 Å². The summed E-state index contributed by atoms with van der Waals surface area (Å²) >= 11 is 0. The first-order valence-corrected chi connectivity index (χ1v) is 6.23. The van der Waals surface area contributed by atoms with Crippen LogP contribution in [0.5, 0.6) is 5.75 Å². The first-order chi connectivity index (χ1) is 9.67. The molecule has 6 nitrogen and oxygen atoms in total. The molecular weight excluding hydrogens is 256 g/mol. The molecule has 0 aliphatic rings. The van der Waals surface area contributed by atoms with Crippen molar-refractivity contribution in [2.24, 2.45) is 0 Å². The fraction of sp³-hybridized carbons (Fsp3) is 0.214. The molecule has 6 heteroatoms. The highest BCUT2D eigenvalue weighted by Crippen LogP contribution is 2.13.